The lowest BCUT2D eigenvalue weighted by molar-refractivity contribution is 0.580. The van der Waals surface area contributed by atoms with Gasteiger partial charge in [0.2, 0.25) is 10.0 Å². The van der Waals surface area contributed by atoms with Gasteiger partial charge in [0.05, 0.1) is 17.1 Å². The van der Waals surface area contributed by atoms with E-state index in [1.54, 1.807) is 48.7 Å². The number of sulfonamides is 1. The maximum Gasteiger partial charge on any atom is 0.240 e. The van der Waals surface area contributed by atoms with E-state index in [2.05, 4.69) is 14.7 Å². The van der Waals surface area contributed by atoms with Crippen LogP contribution >= 0.6 is 23.4 Å². The minimum Gasteiger partial charge on any atom is -0.231 e. The van der Waals surface area contributed by atoms with E-state index in [1.165, 1.54) is 11.8 Å². The summed E-state index contributed by atoms with van der Waals surface area (Å²) in [5, 5.41) is 1.26. The Labute approximate surface area is 161 Å². The highest BCUT2D eigenvalue weighted by atomic mass is 35.5. The minimum atomic E-state index is -3.62. The zero-order chi connectivity index (χ0) is 18.6. The normalized spacial score (nSPS) is 11.5. The summed E-state index contributed by atoms with van der Waals surface area (Å²) in [6.07, 6.45) is 3.48. The number of nitrogens with one attached hydrogen (secondary N) is 1. The molecular formula is C18H16ClN3O2S2. The van der Waals surface area contributed by atoms with Crippen LogP contribution < -0.4 is 4.72 Å². The van der Waals surface area contributed by atoms with Gasteiger partial charge in [0.15, 0.2) is 5.16 Å². The van der Waals surface area contributed by atoms with Crippen molar-refractivity contribution in [3.8, 4) is 11.1 Å². The van der Waals surface area contributed by atoms with Gasteiger partial charge in [-0.05, 0) is 47.7 Å². The Hall–Kier alpha value is -1.93. The molecule has 0 radical (unpaired) electrons. The molecule has 1 N–H and O–H groups in total. The number of thioether (sulfide) groups is 1. The summed E-state index contributed by atoms with van der Waals surface area (Å²) in [6.45, 7) is 0.108. The molecule has 0 aliphatic rings. The topological polar surface area (TPSA) is 72.0 Å². The van der Waals surface area contributed by atoms with Gasteiger partial charge in [-0.2, -0.15) is 0 Å². The molecule has 5 nitrogen and oxygen atoms in total. The van der Waals surface area contributed by atoms with Gasteiger partial charge in [0.25, 0.3) is 0 Å². The monoisotopic (exact) mass is 405 g/mol. The first-order valence-corrected chi connectivity index (χ1v) is 10.8. The number of benzene rings is 2. The zero-order valence-electron chi connectivity index (χ0n) is 13.9. The summed E-state index contributed by atoms with van der Waals surface area (Å²) in [6, 6.07) is 15.8. The lowest BCUT2D eigenvalue weighted by Gasteiger charge is -2.08. The zero-order valence-corrected chi connectivity index (χ0v) is 16.3. The van der Waals surface area contributed by atoms with E-state index in [1.807, 2.05) is 18.4 Å². The van der Waals surface area contributed by atoms with Crippen LogP contribution in [-0.4, -0.2) is 24.6 Å². The Bertz CT molecular complexity index is 992. The fourth-order valence-corrected chi connectivity index (χ4v) is 3.79. The van der Waals surface area contributed by atoms with Crippen molar-refractivity contribution in [1.82, 2.24) is 14.7 Å². The van der Waals surface area contributed by atoms with Crippen LogP contribution in [0.5, 0.6) is 0 Å². The van der Waals surface area contributed by atoms with Crippen molar-refractivity contribution in [2.45, 2.75) is 16.6 Å². The van der Waals surface area contributed by atoms with Crippen molar-refractivity contribution >= 4 is 33.4 Å². The lowest BCUT2D eigenvalue weighted by Crippen LogP contribution is -2.23. The van der Waals surface area contributed by atoms with Gasteiger partial charge in [-0.15, -0.1) is 0 Å². The molecule has 2 aromatic carbocycles. The summed E-state index contributed by atoms with van der Waals surface area (Å²) in [5.74, 6) is 0. The van der Waals surface area contributed by atoms with Crippen LogP contribution in [0, 0.1) is 0 Å². The molecule has 0 aliphatic carbocycles. The van der Waals surface area contributed by atoms with E-state index in [0.717, 1.165) is 11.1 Å². The van der Waals surface area contributed by atoms with Crippen LogP contribution in [0.2, 0.25) is 5.02 Å². The van der Waals surface area contributed by atoms with Crippen LogP contribution in [-0.2, 0) is 16.6 Å². The smallest absolute Gasteiger partial charge is 0.231 e. The van der Waals surface area contributed by atoms with Gasteiger partial charge in [0, 0.05) is 11.2 Å². The first-order valence-electron chi connectivity index (χ1n) is 7.69. The van der Waals surface area contributed by atoms with Crippen molar-refractivity contribution < 1.29 is 8.42 Å². The van der Waals surface area contributed by atoms with Gasteiger partial charge >= 0.3 is 0 Å². The maximum absolute atomic E-state index is 12.5. The second kappa shape index (κ2) is 8.18. The van der Waals surface area contributed by atoms with E-state index in [0.29, 0.717) is 15.9 Å². The van der Waals surface area contributed by atoms with Crippen LogP contribution in [0.1, 0.15) is 5.69 Å². The molecule has 26 heavy (non-hydrogen) atoms. The predicted molar refractivity (Wildman–Crippen MR) is 105 cm³/mol. The molecule has 1 heterocycles. The maximum atomic E-state index is 12.5. The number of aromatic nitrogens is 2. The predicted octanol–water partition coefficient (Wildman–Crippen LogP) is 4.00. The summed E-state index contributed by atoms with van der Waals surface area (Å²) >= 11 is 7.30. The van der Waals surface area contributed by atoms with Gasteiger partial charge in [0.1, 0.15) is 0 Å². The molecule has 8 heteroatoms. The molecule has 3 aromatic rings. The van der Waals surface area contributed by atoms with E-state index in [9.17, 15) is 8.42 Å². The number of halogens is 1. The van der Waals surface area contributed by atoms with Crippen LogP contribution in [0.25, 0.3) is 11.1 Å². The Morgan fingerprint density at radius 1 is 1.00 bits per heavy atom. The third-order valence-corrected chi connectivity index (χ3v) is 5.89. The molecule has 0 amide bonds. The minimum absolute atomic E-state index is 0.108. The number of nitrogens with zero attached hydrogens (tertiary/aromatic N) is 2. The number of hydrogen-bond donors (Lipinski definition) is 1. The Morgan fingerprint density at radius 2 is 1.62 bits per heavy atom. The second-order valence-corrected chi connectivity index (χ2v) is 8.37. The third-order valence-electron chi connectivity index (χ3n) is 3.66. The molecule has 0 atom stereocenters. The fourth-order valence-electron chi connectivity index (χ4n) is 2.29. The van der Waals surface area contributed by atoms with Crippen molar-refractivity contribution in [3.05, 3.63) is 71.5 Å². The molecule has 3 rings (SSSR count). The second-order valence-electron chi connectivity index (χ2n) is 5.39. The molecule has 0 saturated heterocycles. The van der Waals surface area contributed by atoms with Crippen LogP contribution in [0.4, 0.5) is 0 Å². The van der Waals surface area contributed by atoms with Gasteiger partial charge in [-0.25, -0.2) is 23.1 Å². The molecule has 0 saturated carbocycles. The largest absolute Gasteiger partial charge is 0.240 e. The quantitative estimate of drug-likeness (QED) is 0.495. The average Bonchev–Trinajstić information content (AvgIpc) is 2.67. The lowest BCUT2D eigenvalue weighted by atomic mass is 10.1. The first kappa shape index (κ1) is 18.8. The molecular weight excluding hydrogens is 390 g/mol. The number of hydrogen-bond acceptors (Lipinski definition) is 5. The molecule has 0 unspecified atom stereocenters. The molecule has 0 spiro atoms. The Kier molecular flexibility index (Phi) is 5.93. The van der Waals surface area contributed by atoms with E-state index in [-0.39, 0.29) is 11.4 Å². The SMILES string of the molecule is CSc1nccc(CNS(=O)(=O)c2ccc(-c3ccc(Cl)cc3)cc2)n1. The summed E-state index contributed by atoms with van der Waals surface area (Å²) < 4.78 is 27.5. The third kappa shape index (κ3) is 4.62. The van der Waals surface area contributed by atoms with Gasteiger partial charge < -0.3 is 0 Å². The molecule has 0 bridgehead atoms. The van der Waals surface area contributed by atoms with Crippen LogP contribution in [0.15, 0.2) is 70.8 Å². The number of rotatable bonds is 6. The Morgan fingerprint density at radius 3 is 2.23 bits per heavy atom. The molecule has 1 aromatic heterocycles. The summed E-state index contributed by atoms with van der Waals surface area (Å²) in [7, 11) is -3.62. The van der Waals surface area contributed by atoms with E-state index in [4.69, 9.17) is 11.6 Å². The Balaban J connectivity index is 1.73. The highest BCUT2D eigenvalue weighted by Crippen LogP contribution is 2.23. The van der Waals surface area contributed by atoms with Crippen molar-refractivity contribution in [2.24, 2.45) is 0 Å². The van der Waals surface area contributed by atoms with Gasteiger partial charge in [-0.1, -0.05) is 47.6 Å². The average molecular weight is 406 g/mol. The summed E-state index contributed by atoms with van der Waals surface area (Å²) in [5.41, 5.74) is 2.50. The van der Waals surface area contributed by atoms with Crippen molar-refractivity contribution in [3.63, 3.8) is 0 Å². The first-order chi connectivity index (χ1) is 12.5. The van der Waals surface area contributed by atoms with Gasteiger partial charge in [-0.3, -0.25) is 0 Å². The molecule has 134 valence electrons. The van der Waals surface area contributed by atoms with Crippen molar-refractivity contribution in [1.29, 1.82) is 0 Å². The van der Waals surface area contributed by atoms with E-state index < -0.39 is 10.0 Å². The fraction of sp³-hybridized carbons (Fsp3) is 0.111. The van der Waals surface area contributed by atoms with Crippen LogP contribution in [0.3, 0.4) is 0 Å². The summed E-state index contributed by atoms with van der Waals surface area (Å²) in [4.78, 5) is 8.54. The van der Waals surface area contributed by atoms with Crippen molar-refractivity contribution in [2.75, 3.05) is 6.26 Å². The molecule has 0 aliphatic heterocycles. The highest BCUT2D eigenvalue weighted by molar-refractivity contribution is 7.98. The highest BCUT2D eigenvalue weighted by Gasteiger charge is 2.14. The van der Waals surface area contributed by atoms with E-state index >= 15 is 0 Å². The molecule has 0 fully saturated rings. The standard InChI is InChI=1S/C18H16ClN3O2S2/c1-25-18-20-11-10-16(22-18)12-21-26(23,24)17-8-4-14(5-9-17)13-2-6-15(19)7-3-13/h2-11,21H,12H2,1H3.